The van der Waals surface area contributed by atoms with Crippen molar-refractivity contribution in [3.05, 3.63) is 65.2 Å². The van der Waals surface area contributed by atoms with E-state index >= 15 is 0 Å². The summed E-state index contributed by atoms with van der Waals surface area (Å²) in [5.74, 6) is -1.42. The third kappa shape index (κ3) is 3.41. The summed E-state index contributed by atoms with van der Waals surface area (Å²) in [6.45, 7) is 2.37. The number of benzene rings is 2. The molecule has 0 aromatic heterocycles. The lowest BCUT2D eigenvalue weighted by molar-refractivity contribution is 0.0992. The van der Waals surface area contributed by atoms with Gasteiger partial charge in [0.05, 0.1) is 6.61 Å². The van der Waals surface area contributed by atoms with Crippen molar-refractivity contribution < 1.29 is 18.3 Å². The van der Waals surface area contributed by atoms with Crippen LogP contribution in [0.4, 0.5) is 8.78 Å². The average molecular weight is 276 g/mol. The molecule has 2 aromatic rings. The number of ketones is 1. The lowest BCUT2D eigenvalue weighted by Gasteiger charge is -2.06. The molecule has 0 heterocycles. The number of carbonyl (C=O) groups is 1. The first kappa shape index (κ1) is 14.2. The van der Waals surface area contributed by atoms with Crippen LogP contribution in [0.25, 0.3) is 0 Å². The summed E-state index contributed by atoms with van der Waals surface area (Å²) in [7, 11) is 0. The molecule has 0 aliphatic heterocycles. The molecule has 104 valence electrons. The molecule has 0 unspecified atom stereocenters. The van der Waals surface area contributed by atoms with Crippen molar-refractivity contribution >= 4 is 5.78 Å². The minimum Gasteiger partial charge on any atom is -0.494 e. The van der Waals surface area contributed by atoms with Gasteiger partial charge in [0.25, 0.3) is 0 Å². The molecule has 2 nitrogen and oxygen atoms in total. The molecule has 0 saturated carbocycles. The number of rotatable bonds is 5. The Kier molecular flexibility index (Phi) is 4.45. The van der Waals surface area contributed by atoms with Gasteiger partial charge in [-0.05, 0) is 36.8 Å². The molecule has 4 heteroatoms. The van der Waals surface area contributed by atoms with E-state index in [0.29, 0.717) is 23.5 Å². The monoisotopic (exact) mass is 276 g/mol. The first-order chi connectivity index (χ1) is 9.60. The van der Waals surface area contributed by atoms with Crippen LogP contribution in [0, 0.1) is 11.6 Å². The molecule has 0 saturated heterocycles. The third-order valence-electron chi connectivity index (χ3n) is 2.82. The van der Waals surface area contributed by atoms with Crippen LogP contribution in [-0.2, 0) is 6.42 Å². The van der Waals surface area contributed by atoms with Crippen molar-refractivity contribution in [3.8, 4) is 5.75 Å². The summed E-state index contributed by atoms with van der Waals surface area (Å²) in [4.78, 5) is 12.1. The Hall–Kier alpha value is -2.23. The molecule has 0 radical (unpaired) electrons. The summed E-state index contributed by atoms with van der Waals surface area (Å²) >= 11 is 0. The van der Waals surface area contributed by atoms with E-state index in [-0.39, 0.29) is 12.2 Å². The van der Waals surface area contributed by atoms with Gasteiger partial charge in [0.2, 0.25) is 0 Å². The molecule has 20 heavy (non-hydrogen) atoms. The van der Waals surface area contributed by atoms with Crippen LogP contribution in [0.2, 0.25) is 0 Å². The van der Waals surface area contributed by atoms with Crippen molar-refractivity contribution in [3.63, 3.8) is 0 Å². The molecule has 2 rings (SSSR count). The second kappa shape index (κ2) is 6.28. The number of ether oxygens (including phenoxy) is 1. The quantitative estimate of drug-likeness (QED) is 0.777. The highest BCUT2D eigenvalue weighted by molar-refractivity contribution is 5.97. The van der Waals surface area contributed by atoms with Gasteiger partial charge >= 0.3 is 0 Å². The van der Waals surface area contributed by atoms with E-state index in [0.717, 1.165) is 12.1 Å². The first-order valence-corrected chi connectivity index (χ1v) is 6.30. The zero-order valence-electron chi connectivity index (χ0n) is 11.0. The van der Waals surface area contributed by atoms with Gasteiger partial charge in [-0.1, -0.05) is 18.2 Å². The van der Waals surface area contributed by atoms with Crippen LogP contribution in [0.5, 0.6) is 5.75 Å². The van der Waals surface area contributed by atoms with Gasteiger partial charge in [0.1, 0.15) is 5.75 Å². The van der Waals surface area contributed by atoms with Gasteiger partial charge in [-0.2, -0.15) is 0 Å². The van der Waals surface area contributed by atoms with Crippen LogP contribution in [0.3, 0.4) is 0 Å². The maximum Gasteiger partial charge on any atom is 0.167 e. The largest absolute Gasteiger partial charge is 0.494 e. The molecule has 0 aliphatic rings. The fraction of sp³-hybridized carbons (Fsp3) is 0.188. The van der Waals surface area contributed by atoms with Crippen molar-refractivity contribution in [2.24, 2.45) is 0 Å². The Balaban J connectivity index is 2.15. The molecule has 0 fully saturated rings. The lowest BCUT2D eigenvalue weighted by atomic mass is 10.0. The minimum absolute atomic E-state index is 0.0206. The topological polar surface area (TPSA) is 26.3 Å². The van der Waals surface area contributed by atoms with Crippen molar-refractivity contribution in [2.75, 3.05) is 6.61 Å². The van der Waals surface area contributed by atoms with E-state index in [1.54, 1.807) is 24.3 Å². The van der Waals surface area contributed by atoms with Crippen LogP contribution in [-0.4, -0.2) is 12.4 Å². The van der Waals surface area contributed by atoms with Crippen LogP contribution in [0.1, 0.15) is 22.8 Å². The predicted molar refractivity (Wildman–Crippen MR) is 72.0 cm³/mol. The molecular weight excluding hydrogens is 262 g/mol. The molecule has 0 amide bonds. The summed E-state index contributed by atoms with van der Waals surface area (Å²) in [5, 5.41) is 0. The van der Waals surface area contributed by atoms with Gasteiger partial charge in [0.15, 0.2) is 17.4 Å². The molecule has 0 bridgehead atoms. The van der Waals surface area contributed by atoms with Crippen molar-refractivity contribution in [2.45, 2.75) is 13.3 Å². The maximum atomic E-state index is 13.1. The lowest BCUT2D eigenvalue weighted by Crippen LogP contribution is -2.04. The SMILES string of the molecule is CCOc1cccc(C(=O)Cc2ccc(F)c(F)c2)c1. The summed E-state index contributed by atoms with van der Waals surface area (Å²) < 4.78 is 31.2. The van der Waals surface area contributed by atoms with E-state index in [4.69, 9.17) is 4.74 Å². The van der Waals surface area contributed by atoms with E-state index in [1.165, 1.54) is 6.07 Å². The predicted octanol–water partition coefficient (Wildman–Crippen LogP) is 3.79. The Labute approximate surface area is 116 Å². The van der Waals surface area contributed by atoms with Crippen LogP contribution in [0.15, 0.2) is 42.5 Å². The normalized spacial score (nSPS) is 10.3. The van der Waals surface area contributed by atoms with Gasteiger partial charge < -0.3 is 4.74 Å². The van der Waals surface area contributed by atoms with Gasteiger partial charge in [-0.25, -0.2) is 8.78 Å². The van der Waals surface area contributed by atoms with E-state index < -0.39 is 11.6 Å². The smallest absolute Gasteiger partial charge is 0.167 e. The Bertz CT molecular complexity index is 624. The molecule has 0 N–H and O–H groups in total. The van der Waals surface area contributed by atoms with Crippen molar-refractivity contribution in [1.29, 1.82) is 0 Å². The zero-order chi connectivity index (χ0) is 14.5. The van der Waals surface area contributed by atoms with Crippen LogP contribution < -0.4 is 4.74 Å². The number of carbonyl (C=O) groups excluding carboxylic acids is 1. The van der Waals surface area contributed by atoms with Crippen LogP contribution >= 0.6 is 0 Å². The number of Topliss-reactive ketones (excluding diaryl/α,β-unsaturated/α-hetero) is 1. The van der Waals surface area contributed by atoms with Crippen molar-refractivity contribution in [1.82, 2.24) is 0 Å². The van der Waals surface area contributed by atoms with E-state index in [1.807, 2.05) is 6.92 Å². The Morgan fingerprint density at radius 2 is 1.90 bits per heavy atom. The fourth-order valence-electron chi connectivity index (χ4n) is 1.86. The standard InChI is InChI=1S/C16H14F2O2/c1-2-20-13-5-3-4-12(10-13)16(19)9-11-6-7-14(17)15(18)8-11/h3-8,10H,2,9H2,1H3. The van der Waals surface area contributed by atoms with Gasteiger partial charge in [0, 0.05) is 12.0 Å². The fourth-order valence-corrected chi connectivity index (χ4v) is 1.86. The molecule has 2 aromatic carbocycles. The average Bonchev–Trinajstić information content (AvgIpc) is 2.43. The summed E-state index contributed by atoms with van der Waals surface area (Å²) in [6, 6.07) is 10.3. The van der Waals surface area contributed by atoms with E-state index in [2.05, 4.69) is 0 Å². The highest BCUT2D eigenvalue weighted by Crippen LogP contribution is 2.16. The maximum absolute atomic E-state index is 13.1. The summed E-state index contributed by atoms with van der Waals surface area (Å²) in [6.07, 6.45) is 0.0206. The minimum atomic E-state index is -0.946. The zero-order valence-corrected chi connectivity index (χ0v) is 11.0. The Morgan fingerprint density at radius 1 is 1.10 bits per heavy atom. The van der Waals surface area contributed by atoms with E-state index in [9.17, 15) is 13.6 Å². The second-order valence-corrected chi connectivity index (χ2v) is 4.31. The number of hydrogen-bond acceptors (Lipinski definition) is 2. The summed E-state index contributed by atoms with van der Waals surface area (Å²) in [5.41, 5.74) is 0.927. The Morgan fingerprint density at radius 3 is 2.60 bits per heavy atom. The second-order valence-electron chi connectivity index (χ2n) is 4.31. The molecular formula is C16H14F2O2. The third-order valence-corrected chi connectivity index (χ3v) is 2.82. The molecule has 0 atom stereocenters. The van der Waals surface area contributed by atoms with Gasteiger partial charge in [-0.3, -0.25) is 4.79 Å². The highest BCUT2D eigenvalue weighted by atomic mass is 19.2. The molecule has 0 spiro atoms. The number of halogens is 2. The van der Waals surface area contributed by atoms with Gasteiger partial charge in [-0.15, -0.1) is 0 Å². The highest BCUT2D eigenvalue weighted by Gasteiger charge is 2.10. The number of hydrogen-bond donors (Lipinski definition) is 0. The molecule has 0 aliphatic carbocycles. The first-order valence-electron chi connectivity index (χ1n) is 6.30.